The predicted octanol–water partition coefficient (Wildman–Crippen LogP) is 3.13. The second-order valence-corrected chi connectivity index (χ2v) is 7.38. The number of nitrogens with zero attached hydrogens (tertiary/aromatic N) is 2. The third kappa shape index (κ3) is 3.41. The first-order valence-electron chi connectivity index (χ1n) is 8.30. The Balaban J connectivity index is 1.77. The monoisotopic (exact) mass is 309 g/mol. The van der Waals surface area contributed by atoms with Crippen molar-refractivity contribution in [3.63, 3.8) is 0 Å². The number of aryl methyl sites for hydroxylation is 1. The fourth-order valence-electron chi connectivity index (χ4n) is 3.39. The highest BCUT2D eigenvalue weighted by Crippen LogP contribution is 2.38. The van der Waals surface area contributed by atoms with E-state index in [-0.39, 0.29) is 0 Å². The lowest BCUT2D eigenvalue weighted by molar-refractivity contribution is -0.00523. The van der Waals surface area contributed by atoms with E-state index in [1.165, 1.54) is 35.0 Å². The minimum atomic E-state index is 0.295. The Morgan fingerprint density at radius 2 is 2.10 bits per heavy atom. The molecule has 1 aromatic heterocycles. The van der Waals surface area contributed by atoms with E-state index < -0.39 is 0 Å². The summed E-state index contributed by atoms with van der Waals surface area (Å²) in [5.41, 5.74) is 1.33. The fourth-order valence-corrected chi connectivity index (χ4v) is 4.63. The zero-order valence-corrected chi connectivity index (χ0v) is 14.2. The van der Waals surface area contributed by atoms with Crippen molar-refractivity contribution >= 4 is 16.5 Å². The van der Waals surface area contributed by atoms with Gasteiger partial charge >= 0.3 is 0 Å². The SMILES string of the molecule is CCCNC1CCCc2nc(N3CC(C)OC(C)C3)sc21. The van der Waals surface area contributed by atoms with E-state index in [1.54, 1.807) is 0 Å². The number of morpholine rings is 1. The molecule has 0 radical (unpaired) electrons. The summed E-state index contributed by atoms with van der Waals surface area (Å²) in [6.45, 7) is 9.56. The number of thiazole rings is 1. The van der Waals surface area contributed by atoms with E-state index in [1.807, 2.05) is 11.3 Å². The van der Waals surface area contributed by atoms with Gasteiger partial charge in [-0.2, -0.15) is 0 Å². The quantitative estimate of drug-likeness (QED) is 0.927. The Morgan fingerprint density at radius 3 is 2.81 bits per heavy atom. The van der Waals surface area contributed by atoms with Crippen LogP contribution >= 0.6 is 11.3 Å². The minimum absolute atomic E-state index is 0.295. The summed E-state index contributed by atoms with van der Waals surface area (Å²) in [7, 11) is 0. The summed E-state index contributed by atoms with van der Waals surface area (Å²) in [6, 6.07) is 0.524. The van der Waals surface area contributed by atoms with Crippen LogP contribution in [0, 0.1) is 0 Å². The van der Waals surface area contributed by atoms with Gasteiger partial charge in [0.1, 0.15) is 0 Å². The molecule has 118 valence electrons. The normalized spacial score (nSPS) is 29.5. The Hall–Kier alpha value is -0.650. The maximum atomic E-state index is 5.84. The molecule has 3 atom stereocenters. The third-order valence-corrected chi connectivity index (χ3v) is 5.54. The van der Waals surface area contributed by atoms with Crippen LogP contribution in [0.3, 0.4) is 0 Å². The van der Waals surface area contributed by atoms with Crippen molar-refractivity contribution in [3.05, 3.63) is 10.6 Å². The maximum Gasteiger partial charge on any atom is 0.186 e. The molecule has 5 heteroatoms. The van der Waals surface area contributed by atoms with Crippen LogP contribution in [0.5, 0.6) is 0 Å². The van der Waals surface area contributed by atoms with Gasteiger partial charge in [0.2, 0.25) is 0 Å². The number of ether oxygens (including phenoxy) is 1. The minimum Gasteiger partial charge on any atom is -0.372 e. The first kappa shape index (κ1) is 15.3. The zero-order chi connectivity index (χ0) is 14.8. The second kappa shape index (κ2) is 6.63. The van der Waals surface area contributed by atoms with Crippen LogP contribution in [0.4, 0.5) is 5.13 Å². The van der Waals surface area contributed by atoms with E-state index in [0.29, 0.717) is 18.2 Å². The van der Waals surface area contributed by atoms with Gasteiger partial charge in [-0.3, -0.25) is 0 Å². The highest BCUT2D eigenvalue weighted by Gasteiger charge is 2.29. The second-order valence-electron chi connectivity index (χ2n) is 6.37. The standard InChI is InChI=1S/C16H27N3OS/c1-4-8-17-13-6-5-7-14-15(13)21-16(18-14)19-9-11(2)20-12(3)10-19/h11-13,17H,4-10H2,1-3H3. The lowest BCUT2D eigenvalue weighted by Crippen LogP contribution is -2.45. The molecule has 0 aromatic carbocycles. The number of anilines is 1. The summed E-state index contributed by atoms with van der Waals surface area (Å²) in [5, 5.41) is 4.89. The molecule has 1 fully saturated rings. The third-order valence-electron chi connectivity index (χ3n) is 4.27. The molecule has 3 rings (SSSR count). The highest BCUT2D eigenvalue weighted by molar-refractivity contribution is 7.15. The average Bonchev–Trinajstić information content (AvgIpc) is 2.88. The van der Waals surface area contributed by atoms with Crippen molar-refractivity contribution in [2.45, 2.75) is 64.7 Å². The van der Waals surface area contributed by atoms with Gasteiger partial charge in [0.05, 0.1) is 17.9 Å². The van der Waals surface area contributed by atoms with Crippen LogP contribution in [0.15, 0.2) is 0 Å². The molecule has 21 heavy (non-hydrogen) atoms. The molecule has 0 spiro atoms. The fraction of sp³-hybridized carbons (Fsp3) is 0.812. The van der Waals surface area contributed by atoms with Crippen molar-refractivity contribution < 1.29 is 4.74 Å². The van der Waals surface area contributed by atoms with Crippen molar-refractivity contribution in [1.82, 2.24) is 10.3 Å². The number of fused-ring (bicyclic) bond motifs is 1. The van der Waals surface area contributed by atoms with Crippen molar-refractivity contribution in [2.24, 2.45) is 0 Å². The van der Waals surface area contributed by atoms with Crippen LogP contribution in [-0.2, 0) is 11.2 Å². The summed E-state index contributed by atoms with van der Waals surface area (Å²) >= 11 is 1.90. The molecule has 0 bridgehead atoms. The van der Waals surface area contributed by atoms with Crippen LogP contribution in [-0.4, -0.2) is 36.8 Å². The number of rotatable bonds is 4. The van der Waals surface area contributed by atoms with E-state index in [9.17, 15) is 0 Å². The molecular weight excluding hydrogens is 282 g/mol. The number of hydrogen-bond acceptors (Lipinski definition) is 5. The summed E-state index contributed by atoms with van der Waals surface area (Å²) < 4.78 is 5.84. The van der Waals surface area contributed by atoms with Crippen LogP contribution < -0.4 is 10.2 Å². The molecule has 0 amide bonds. The summed E-state index contributed by atoms with van der Waals surface area (Å²) in [5.74, 6) is 0. The van der Waals surface area contributed by atoms with E-state index in [4.69, 9.17) is 9.72 Å². The maximum absolute atomic E-state index is 5.84. The van der Waals surface area contributed by atoms with Crippen LogP contribution in [0.25, 0.3) is 0 Å². The van der Waals surface area contributed by atoms with E-state index >= 15 is 0 Å². The Kier molecular flexibility index (Phi) is 4.82. The topological polar surface area (TPSA) is 37.4 Å². The van der Waals surface area contributed by atoms with E-state index in [2.05, 4.69) is 31.0 Å². The molecule has 1 aliphatic carbocycles. The molecule has 1 aromatic rings. The molecule has 1 aliphatic heterocycles. The summed E-state index contributed by atoms with van der Waals surface area (Å²) in [6.07, 6.45) is 5.44. The van der Waals surface area contributed by atoms with Gasteiger partial charge in [0.25, 0.3) is 0 Å². The number of aromatic nitrogens is 1. The van der Waals surface area contributed by atoms with Gasteiger partial charge in [-0.15, -0.1) is 0 Å². The molecule has 1 saturated heterocycles. The first-order chi connectivity index (χ1) is 10.2. The molecule has 2 heterocycles. The van der Waals surface area contributed by atoms with Gasteiger partial charge in [-0.05, 0) is 46.1 Å². The summed E-state index contributed by atoms with van der Waals surface area (Å²) in [4.78, 5) is 8.85. The van der Waals surface area contributed by atoms with Crippen molar-refractivity contribution in [2.75, 3.05) is 24.5 Å². The molecule has 3 unspecified atom stereocenters. The lowest BCUT2D eigenvalue weighted by atomic mass is 9.98. The number of hydrogen-bond donors (Lipinski definition) is 1. The molecular formula is C16H27N3OS. The van der Waals surface area contributed by atoms with E-state index in [0.717, 1.165) is 26.1 Å². The molecule has 2 aliphatic rings. The van der Waals surface area contributed by atoms with Gasteiger partial charge in [-0.1, -0.05) is 18.3 Å². The predicted molar refractivity (Wildman–Crippen MR) is 88.3 cm³/mol. The Morgan fingerprint density at radius 1 is 1.33 bits per heavy atom. The van der Waals surface area contributed by atoms with Crippen molar-refractivity contribution in [3.8, 4) is 0 Å². The zero-order valence-electron chi connectivity index (χ0n) is 13.4. The van der Waals surface area contributed by atoms with Crippen LogP contribution in [0.1, 0.15) is 56.6 Å². The highest BCUT2D eigenvalue weighted by atomic mass is 32.1. The van der Waals surface area contributed by atoms with Crippen LogP contribution in [0.2, 0.25) is 0 Å². The van der Waals surface area contributed by atoms with Gasteiger partial charge in [0.15, 0.2) is 5.13 Å². The lowest BCUT2D eigenvalue weighted by Gasteiger charge is -2.35. The first-order valence-corrected chi connectivity index (χ1v) is 9.12. The number of nitrogens with one attached hydrogen (secondary N) is 1. The Bertz CT molecular complexity index is 466. The van der Waals surface area contributed by atoms with Gasteiger partial charge in [0, 0.05) is 24.0 Å². The Labute approximate surface area is 131 Å². The van der Waals surface area contributed by atoms with Crippen molar-refractivity contribution in [1.29, 1.82) is 0 Å². The molecule has 4 nitrogen and oxygen atoms in total. The average molecular weight is 309 g/mol. The molecule has 1 N–H and O–H groups in total. The smallest absolute Gasteiger partial charge is 0.186 e. The van der Waals surface area contributed by atoms with Gasteiger partial charge in [-0.25, -0.2) is 4.98 Å². The largest absolute Gasteiger partial charge is 0.372 e. The van der Waals surface area contributed by atoms with Gasteiger partial charge < -0.3 is 15.0 Å². The molecule has 0 saturated carbocycles.